The van der Waals surface area contributed by atoms with Gasteiger partial charge in [-0.2, -0.15) is 0 Å². The number of carbonyl (C=O) groups is 3. The molecule has 0 aliphatic heterocycles. The highest BCUT2D eigenvalue weighted by atomic mass is 16.6. The van der Waals surface area contributed by atoms with Crippen molar-refractivity contribution in [2.45, 2.75) is 297 Å². The largest absolute Gasteiger partial charge is 0.462 e. The van der Waals surface area contributed by atoms with Crippen molar-refractivity contribution in [3.05, 3.63) is 109 Å². The van der Waals surface area contributed by atoms with E-state index in [9.17, 15) is 14.4 Å². The Labute approximate surface area is 463 Å². The highest BCUT2D eigenvalue weighted by Gasteiger charge is 2.19. The fourth-order valence-electron chi connectivity index (χ4n) is 8.53. The van der Waals surface area contributed by atoms with Crippen LogP contribution < -0.4 is 0 Å². The number of unbranched alkanes of at least 4 members (excludes halogenated alkanes) is 27. The number of allylic oxidation sites excluding steroid dienone is 18. The van der Waals surface area contributed by atoms with Crippen molar-refractivity contribution in [3.63, 3.8) is 0 Å². The zero-order valence-electron chi connectivity index (χ0n) is 49.0. The van der Waals surface area contributed by atoms with Gasteiger partial charge in [0.1, 0.15) is 13.2 Å². The van der Waals surface area contributed by atoms with Gasteiger partial charge in [-0.25, -0.2) is 0 Å². The Morgan fingerprint density at radius 2 is 0.520 bits per heavy atom. The summed E-state index contributed by atoms with van der Waals surface area (Å²) in [5.41, 5.74) is 0. The summed E-state index contributed by atoms with van der Waals surface area (Å²) in [6.07, 6.45) is 85.1. The molecule has 0 saturated heterocycles. The Bertz CT molecular complexity index is 1520. The van der Waals surface area contributed by atoms with Crippen LogP contribution in [0.4, 0.5) is 0 Å². The van der Waals surface area contributed by atoms with Gasteiger partial charge in [-0.15, -0.1) is 0 Å². The lowest BCUT2D eigenvalue weighted by Gasteiger charge is -2.18. The molecule has 0 fully saturated rings. The molecule has 0 N–H and O–H groups in total. The fourth-order valence-corrected chi connectivity index (χ4v) is 8.53. The van der Waals surface area contributed by atoms with E-state index < -0.39 is 6.10 Å². The lowest BCUT2D eigenvalue weighted by molar-refractivity contribution is -0.167. The monoisotopic (exact) mass is 1040 g/mol. The molecule has 0 radical (unpaired) electrons. The zero-order chi connectivity index (χ0) is 54.3. The van der Waals surface area contributed by atoms with Crippen molar-refractivity contribution >= 4 is 17.9 Å². The van der Waals surface area contributed by atoms with E-state index >= 15 is 0 Å². The van der Waals surface area contributed by atoms with Gasteiger partial charge >= 0.3 is 17.9 Å². The average Bonchev–Trinajstić information content (AvgIpc) is 3.41. The first kappa shape index (κ1) is 71.1. The van der Waals surface area contributed by atoms with Crippen LogP contribution in [-0.2, 0) is 28.6 Å². The molecule has 428 valence electrons. The third-order valence-electron chi connectivity index (χ3n) is 13.2. The number of esters is 3. The van der Waals surface area contributed by atoms with Crippen molar-refractivity contribution in [1.29, 1.82) is 0 Å². The molecule has 1 unspecified atom stereocenters. The summed E-state index contributed by atoms with van der Waals surface area (Å²) in [7, 11) is 0. The molecule has 0 aromatic heterocycles. The molecule has 0 bridgehead atoms. The Morgan fingerprint density at radius 1 is 0.280 bits per heavy atom. The molecule has 0 amide bonds. The summed E-state index contributed by atoms with van der Waals surface area (Å²) >= 11 is 0. The number of ether oxygens (including phenoxy) is 3. The van der Waals surface area contributed by atoms with Crippen molar-refractivity contribution in [2.24, 2.45) is 0 Å². The van der Waals surface area contributed by atoms with Crippen molar-refractivity contribution in [3.8, 4) is 0 Å². The maximum atomic E-state index is 12.9. The molecule has 0 saturated carbocycles. The van der Waals surface area contributed by atoms with Gasteiger partial charge in [0, 0.05) is 19.3 Å². The quantitative estimate of drug-likeness (QED) is 0.0261. The first-order valence-electron chi connectivity index (χ1n) is 31.4. The predicted molar refractivity (Wildman–Crippen MR) is 325 cm³/mol. The third-order valence-corrected chi connectivity index (χ3v) is 13.2. The van der Waals surface area contributed by atoms with E-state index in [-0.39, 0.29) is 31.1 Å². The Hall–Kier alpha value is -3.93. The van der Waals surface area contributed by atoms with Crippen molar-refractivity contribution < 1.29 is 28.6 Å². The number of rotatable bonds is 56. The predicted octanol–water partition coefficient (Wildman–Crippen LogP) is 21.4. The van der Waals surface area contributed by atoms with E-state index in [1.165, 1.54) is 122 Å². The van der Waals surface area contributed by atoms with Gasteiger partial charge < -0.3 is 14.2 Å². The minimum Gasteiger partial charge on any atom is -0.462 e. The van der Waals surface area contributed by atoms with Crippen LogP contribution in [0.3, 0.4) is 0 Å². The van der Waals surface area contributed by atoms with Gasteiger partial charge in [0.15, 0.2) is 6.10 Å². The first-order valence-corrected chi connectivity index (χ1v) is 31.4. The normalized spacial score (nSPS) is 12.8. The van der Waals surface area contributed by atoms with E-state index in [1.807, 2.05) is 0 Å². The molecule has 0 aliphatic carbocycles. The Balaban J connectivity index is 4.45. The van der Waals surface area contributed by atoms with Crippen LogP contribution in [0.15, 0.2) is 109 Å². The van der Waals surface area contributed by atoms with Crippen LogP contribution in [0.1, 0.15) is 290 Å². The Morgan fingerprint density at radius 3 is 0.840 bits per heavy atom. The van der Waals surface area contributed by atoms with Crippen LogP contribution >= 0.6 is 0 Å². The second-order valence-electron chi connectivity index (χ2n) is 20.6. The lowest BCUT2D eigenvalue weighted by atomic mass is 10.1. The summed E-state index contributed by atoms with van der Waals surface area (Å²) in [4.78, 5) is 38.3. The van der Waals surface area contributed by atoms with Gasteiger partial charge in [-0.1, -0.05) is 252 Å². The van der Waals surface area contributed by atoms with Crippen molar-refractivity contribution in [1.82, 2.24) is 0 Å². The molecule has 6 nitrogen and oxygen atoms in total. The minimum atomic E-state index is -0.802. The van der Waals surface area contributed by atoms with E-state index in [4.69, 9.17) is 14.2 Å². The molecular weight excluding hydrogens is 925 g/mol. The number of hydrogen-bond acceptors (Lipinski definition) is 6. The first-order chi connectivity index (χ1) is 37.0. The SMILES string of the molecule is CC/C=C\C/C=C\C/C=C\C/C=C\C/C=C\C/C=C\C/C=C\CCCCCC(=O)OCC(COC(=O)CCCCCCC/C=C\CCCCCCCCC)OC(=O)CCCCCCC/C=C\CCCCCCCCC. The van der Waals surface area contributed by atoms with Crippen LogP contribution in [0, 0.1) is 0 Å². The van der Waals surface area contributed by atoms with E-state index in [1.54, 1.807) is 0 Å². The minimum absolute atomic E-state index is 0.0968. The molecule has 0 aliphatic rings. The number of carbonyl (C=O) groups excluding carboxylic acids is 3. The maximum Gasteiger partial charge on any atom is 0.306 e. The van der Waals surface area contributed by atoms with Gasteiger partial charge in [0.2, 0.25) is 0 Å². The zero-order valence-corrected chi connectivity index (χ0v) is 49.0. The molecule has 0 spiro atoms. The summed E-state index contributed by atoms with van der Waals surface area (Å²) in [5, 5.41) is 0. The Kier molecular flexibility index (Phi) is 59.3. The second kappa shape index (κ2) is 62.6. The summed E-state index contributed by atoms with van der Waals surface area (Å²) in [5.74, 6) is -0.941. The molecule has 0 heterocycles. The van der Waals surface area contributed by atoms with Crippen molar-refractivity contribution in [2.75, 3.05) is 13.2 Å². The van der Waals surface area contributed by atoms with Crippen LogP contribution in [0.25, 0.3) is 0 Å². The van der Waals surface area contributed by atoms with Crippen LogP contribution in [0.5, 0.6) is 0 Å². The van der Waals surface area contributed by atoms with E-state index in [0.717, 1.165) is 128 Å². The van der Waals surface area contributed by atoms with Gasteiger partial charge in [-0.3, -0.25) is 14.4 Å². The molecular formula is C69H116O6. The molecule has 1 atom stereocenters. The fraction of sp³-hybridized carbons (Fsp3) is 0.696. The summed E-state index contributed by atoms with van der Waals surface area (Å²) in [6.45, 7) is 6.49. The van der Waals surface area contributed by atoms with E-state index in [0.29, 0.717) is 19.3 Å². The maximum absolute atomic E-state index is 12.9. The van der Waals surface area contributed by atoms with Crippen LogP contribution in [0.2, 0.25) is 0 Å². The third kappa shape index (κ3) is 60.8. The van der Waals surface area contributed by atoms with E-state index in [2.05, 4.69) is 130 Å². The van der Waals surface area contributed by atoms with Gasteiger partial charge in [-0.05, 0) is 128 Å². The standard InChI is InChI=1S/C69H116O6/c1-4-7-10-13-16-19-22-25-28-31-32-33-34-35-36-37-38-39-42-44-47-50-53-56-59-62-68(71)74-65-66(75-69(72)63-60-57-54-51-48-45-41-30-27-24-21-18-15-12-9-6-3)64-73-67(70)61-58-55-52-49-46-43-40-29-26-23-20-17-14-11-8-5-2/h7,10,16,19,25,28-30,32-33,35-36,38-41,44,47,66H,4-6,8-9,11-15,17-18,20-24,26-27,31,34,37,42-43,45-46,48-65H2,1-3H3/b10-7-,19-16-,28-25-,33-32-,36-35-,39-38-,40-29-,41-30-,47-44-. The summed E-state index contributed by atoms with van der Waals surface area (Å²) < 4.78 is 16.9. The highest BCUT2D eigenvalue weighted by molar-refractivity contribution is 5.71. The molecule has 75 heavy (non-hydrogen) atoms. The van der Waals surface area contributed by atoms with Gasteiger partial charge in [0.25, 0.3) is 0 Å². The molecule has 0 aromatic carbocycles. The lowest BCUT2D eigenvalue weighted by Crippen LogP contribution is -2.30. The second-order valence-corrected chi connectivity index (χ2v) is 20.6. The average molecular weight is 1040 g/mol. The molecule has 6 heteroatoms. The van der Waals surface area contributed by atoms with Gasteiger partial charge in [0.05, 0.1) is 0 Å². The highest BCUT2D eigenvalue weighted by Crippen LogP contribution is 2.15. The topological polar surface area (TPSA) is 78.9 Å². The smallest absolute Gasteiger partial charge is 0.306 e. The van der Waals surface area contributed by atoms with Crippen LogP contribution in [-0.4, -0.2) is 37.2 Å². The number of hydrogen-bond donors (Lipinski definition) is 0. The molecule has 0 rings (SSSR count). The molecule has 0 aromatic rings. The summed E-state index contributed by atoms with van der Waals surface area (Å²) in [6, 6.07) is 0.